The predicted octanol–water partition coefficient (Wildman–Crippen LogP) is 1.12. The first-order valence-electron chi connectivity index (χ1n) is 9.46. The minimum atomic E-state index is -3.78. The molecule has 9 nitrogen and oxygen atoms in total. The summed E-state index contributed by atoms with van der Waals surface area (Å²) in [5, 5.41) is 7.37. The predicted molar refractivity (Wildman–Crippen MR) is 112 cm³/mol. The van der Waals surface area contributed by atoms with E-state index in [4.69, 9.17) is 11.6 Å². The van der Waals surface area contributed by atoms with E-state index in [0.29, 0.717) is 36.5 Å². The van der Waals surface area contributed by atoms with Crippen LogP contribution in [0.4, 0.5) is 0 Å². The van der Waals surface area contributed by atoms with Crippen molar-refractivity contribution in [2.45, 2.75) is 23.8 Å². The Morgan fingerprint density at radius 2 is 1.87 bits per heavy atom. The Balaban J connectivity index is 1.51. The Morgan fingerprint density at radius 3 is 2.43 bits per heavy atom. The summed E-state index contributed by atoms with van der Waals surface area (Å²) < 4.78 is 27.9. The van der Waals surface area contributed by atoms with Gasteiger partial charge in [-0.25, -0.2) is 8.42 Å². The lowest BCUT2D eigenvalue weighted by atomic mass is 10.0. The molecule has 1 N–H and O–H groups in total. The van der Waals surface area contributed by atoms with Crippen molar-refractivity contribution in [2.75, 3.05) is 26.7 Å². The van der Waals surface area contributed by atoms with Crippen LogP contribution < -0.4 is 5.32 Å². The molecule has 0 aliphatic carbocycles. The second kappa shape index (κ2) is 9.15. The van der Waals surface area contributed by atoms with E-state index in [1.807, 2.05) is 0 Å². The molecule has 30 heavy (non-hydrogen) atoms. The topological polar surface area (TPSA) is 105 Å². The lowest BCUT2D eigenvalue weighted by molar-refractivity contribution is -0.132. The van der Waals surface area contributed by atoms with Gasteiger partial charge < -0.3 is 10.2 Å². The maximum atomic E-state index is 12.6. The molecular weight excluding hydrogens is 430 g/mol. The Kier molecular flexibility index (Phi) is 6.79. The molecule has 0 atom stereocenters. The lowest BCUT2D eigenvalue weighted by Crippen LogP contribution is -2.49. The summed E-state index contributed by atoms with van der Waals surface area (Å²) in [5.41, 5.74) is 0.491. The number of piperidine rings is 1. The number of nitrogens with zero attached hydrogens (tertiary/aromatic N) is 4. The molecule has 0 radical (unpaired) electrons. The minimum absolute atomic E-state index is 0.0442. The first kappa shape index (κ1) is 22.3. The molecule has 1 saturated heterocycles. The second-order valence-corrected chi connectivity index (χ2v) is 9.73. The SMILES string of the molecule is CN(CC(=O)N1CCC(NC(=O)c2cnn(C)c2)CC1)S(=O)(=O)c1ccc(Cl)cc1. The van der Waals surface area contributed by atoms with Crippen LogP contribution in [0.15, 0.2) is 41.6 Å². The normalized spacial score (nSPS) is 15.4. The van der Waals surface area contributed by atoms with Gasteiger partial charge in [0.2, 0.25) is 15.9 Å². The zero-order valence-corrected chi connectivity index (χ0v) is 18.4. The van der Waals surface area contributed by atoms with Crippen molar-refractivity contribution >= 4 is 33.4 Å². The maximum absolute atomic E-state index is 12.6. The molecule has 1 aliphatic rings. The number of aromatic nitrogens is 2. The Labute approximate surface area is 180 Å². The van der Waals surface area contributed by atoms with Crippen LogP contribution >= 0.6 is 11.6 Å². The third-order valence-corrected chi connectivity index (χ3v) is 7.10. The highest BCUT2D eigenvalue weighted by Crippen LogP contribution is 2.18. The third-order valence-electron chi connectivity index (χ3n) is 5.03. The van der Waals surface area contributed by atoms with Crippen molar-refractivity contribution in [1.82, 2.24) is 24.3 Å². The number of sulfonamides is 1. The van der Waals surface area contributed by atoms with E-state index >= 15 is 0 Å². The highest BCUT2D eigenvalue weighted by molar-refractivity contribution is 7.89. The zero-order valence-electron chi connectivity index (χ0n) is 16.8. The summed E-state index contributed by atoms with van der Waals surface area (Å²) in [6.07, 6.45) is 4.35. The van der Waals surface area contributed by atoms with Crippen LogP contribution in [0.5, 0.6) is 0 Å². The first-order chi connectivity index (χ1) is 14.2. The highest BCUT2D eigenvalue weighted by Gasteiger charge is 2.28. The smallest absolute Gasteiger partial charge is 0.254 e. The van der Waals surface area contributed by atoms with Gasteiger partial charge >= 0.3 is 0 Å². The molecular formula is C19H24ClN5O4S. The van der Waals surface area contributed by atoms with E-state index in [-0.39, 0.29) is 29.3 Å². The maximum Gasteiger partial charge on any atom is 0.254 e. The van der Waals surface area contributed by atoms with Crippen molar-refractivity contribution < 1.29 is 18.0 Å². The molecule has 0 saturated carbocycles. The van der Waals surface area contributed by atoms with E-state index in [1.54, 1.807) is 22.8 Å². The summed E-state index contributed by atoms with van der Waals surface area (Å²) in [6.45, 7) is 0.648. The van der Waals surface area contributed by atoms with Gasteiger partial charge in [-0.2, -0.15) is 9.40 Å². The van der Waals surface area contributed by atoms with Gasteiger partial charge in [0.25, 0.3) is 5.91 Å². The molecule has 2 aromatic rings. The zero-order chi connectivity index (χ0) is 21.9. The number of carbonyl (C=O) groups excluding carboxylic acids is 2. The van der Waals surface area contributed by atoms with E-state index < -0.39 is 10.0 Å². The fourth-order valence-electron chi connectivity index (χ4n) is 3.24. The van der Waals surface area contributed by atoms with Crippen LogP contribution in [-0.4, -0.2) is 71.9 Å². The van der Waals surface area contributed by atoms with Gasteiger partial charge in [0.1, 0.15) is 0 Å². The number of hydrogen-bond donors (Lipinski definition) is 1. The van der Waals surface area contributed by atoms with E-state index in [0.717, 1.165) is 4.31 Å². The van der Waals surface area contributed by atoms with Crippen LogP contribution in [-0.2, 0) is 21.9 Å². The average molecular weight is 454 g/mol. The van der Waals surface area contributed by atoms with Crippen LogP contribution in [0.2, 0.25) is 5.02 Å². The molecule has 1 aromatic heterocycles. The number of likely N-dealkylation sites (tertiary alicyclic amines) is 1. The van der Waals surface area contributed by atoms with E-state index in [1.165, 1.54) is 37.5 Å². The summed E-state index contributed by atoms with van der Waals surface area (Å²) >= 11 is 5.81. The Bertz CT molecular complexity index is 1010. The number of amides is 2. The number of halogens is 1. The number of rotatable bonds is 6. The quantitative estimate of drug-likeness (QED) is 0.705. The van der Waals surface area contributed by atoms with Gasteiger partial charge in [-0.1, -0.05) is 11.6 Å². The third kappa shape index (κ3) is 5.18. The van der Waals surface area contributed by atoms with Crippen molar-refractivity contribution in [3.05, 3.63) is 47.2 Å². The lowest BCUT2D eigenvalue weighted by Gasteiger charge is -2.33. The van der Waals surface area contributed by atoms with Crippen LogP contribution in [0.1, 0.15) is 23.2 Å². The minimum Gasteiger partial charge on any atom is -0.349 e. The largest absolute Gasteiger partial charge is 0.349 e. The van der Waals surface area contributed by atoms with Crippen molar-refractivity contribution in [3.8, 4) is 0 Å². The van der Waals surface area contributed by atoms with Gasteiger partial charge in [0.15, 0.2) is 0 Å². The van der Waals surface area contributed by atoms with Gasteiger partial charge in [0.05, 0.1) is 23.2 Å². The Morgan fingerprint density at radius 1 is 1.23 bits per heavy atom. The molecule has 1 aromatic carbocycles. The van der Waals surface area contributed by atoms with Gasteiger partial charge in [-0.15, -0.1) is 0 Å². The molecule has 162 valence electrons. The number of likely N-dealkylation sites (N-methyl/N-ethyl adjacent to an activating group) is 1. The van der Waals surface area contributed by atoms with Crippen molar-refractivity contribution in [3.63, 3.8) is 0 Å². The molecule has 3 rings (SSSR count). The van der Waals surface area contributed by atoms with Crippen LogP contribution in [0, 0.1) is 0 Å². The number of nitrogens with one attached hydrogen (secondary N) is 1. The summed E-state index contributed by atoms with van der Waals surface area (Å²) in [6, 6.07) is 5.77. The highest BCUT2D eigenvalue weighted by atomic mass is 35.5. The first-order valence-corrected chi connectivity index (χ1v) is 11.3. The molecule has 0 unspecified atom stereocenters. The fourth-order valence-corrected chi connectivity index (χ4v) is 4.49. The molecule has 2 heterocycles. The van der Waals surface area contributed by atoms with Gasteiger partial charge in [-0.3, -0.25) is 14.3 Å². The summed E-state index contributed by atoms with van der Waals surface area (Å²) in [7, 11) is -0.664. The number of hydrogen-bond acceptors (Lipinski definition) is 5. The van der Waals surface area contributed by atoms with Crippen LogP contribution in [0.3, 0.4) is 0 Å². The summed E-state index contributed by atoms with van der Waals surface area (Å²) in [5.74, 6) is -0.464. The molecule has 0 spiro atoms. The standard InChI is InChI=1S/C19H24ClN5O4S/c1-23-12-14(11-21-23)19(27)22-16-7-9-25(10-8-16)18(26)13-24(2)30(28,29)17-5-3-15(20)4-6-17/h3-6,11-12,16H,7-10,13H2,1-2H3,(H,22,27). The monoisotopic (exact) mass is 453 g/mol. The number of aryl methyl sites for hydroxylation is 1. The Hall–Kier alpha value is -2.43. The number of benzene rings is 1. The van der Waals surface area contributed by atoms with Gasteiger partial charge in [0, 0.05) is 44.4 Å². The van der Waals surface area contributed by atoms with Crippen LogP contribution in [0.25, 0.3) is 0 Å². The molecule has 1 aliphatic heterocycles. The molecule has 11 heteroatoms. The molecule has 0 bridgehead atoms. The average Bonchev–Trinajstić information content (AvgIpc) is 3.15. The van der Waals surface area contributed by atoms with Crippen molar-refractivity contribution in [2.24, 2.45) is 7.05 Å². The van der Waals surface area contributed by atoms with E-state index in [9.17, 15) is 18.0 Å². The number of carbonyl (C=O) groups is 2. The second-order valence-electron chi connectivity index (χ2n) is 7.25. The van der Waals surface area contributed by atoms with Gasteiger partial charge in [-0.05, 0) is 37.1 Å². The molecule has 2 amide bonds. The van der Waals surface area contributed by atoms with E-state index in [2.05, 4.69) is 10.4 Å². The van der Waals surface area contributed by atoms with Crippen molar-refractivity contribution in [1.29, 1.82) is 0 Å². The fraction of sp³-hybridized carbons (Fsp3) is 0.421. The molecule has 1 fully saturated rings. The summed E-state index contributed by atoms with van der Waals surface area (Å²) in [4.78, 5) is 26.5.